The molecule has 1 saturated heterocycles. The second-order valence-corrected chi connectivity index (χ2v) is 9.93. The van der Waals surface area contributed by atoms with Crippen molar-refractivity contribution in [2.45, 2.75) is 45.6 Å². The van der Waals surface area contributed by atoms with E-state index in [1.54, 1.807) is 5.01 Å². The monoisotopic (exact) mass is 451 g/mol. The van der Waals surface area contributed by atoms with Gasteiger partial charge in [0, 0.05) is 19.5 Å². The smallest absolute Gasteiger partial charge is 0.253 e. The molecule has 0 bridgehead atoms. The van der Waals surface area contributed by atoms with Crippen molar-refractivity contribution in [3.05, 3.63) is 70.8 Å². The molecule has 2 aromatic rings. The van der Waals surface area contributed by atoms with Crippen molar-refractivity contribution in [1.82, 2.24) is 9.91 Å². The van der Waals surface area contributed by atoms with Crippen LogP contribution in [0.4, 0.5) is 0 Å². The molecule has 31 heavy (non-hydrogen) atoms. The van der Waals surface area contributed by atoms with Crippen LogP contribution in [0.15, 0.2) is 53.6 Å². The molecule has 1 fully saturated rings. The lowest BCUT2D eigenvalue weighted by Crippen LogP contribution is -2.34. The first-order valence-electron chi connectivity index (χ1n) is 11.0. The minimum absolute atomic E-state index is 0.0112. The number of hydrazone groups is 1. The molecule has 4 nitrogen and oxygen atoms in total. The van der Waals surface area contributed by atoms with E-state index in [-0.39, 0.29) is 11.9 Å². The molecule has 6 heteroatoms. The molecule has 0 aromatic heterocycles. The quantitative estimate of drug-likeness (QED) is 0.576. The van der Waals surface area contributed by atoms with Crippen LogP contribution in [0.25, 0.3) is 0 Å². The largest absolute Gasteiger partial charge is 0.358 e. The maximum Gasteiger partial charge on any atom is 0.253 e. The Morgan fingerprint density at radius 2 is 1.81 bits per heavy atom. The summed E-state index contributed by atoms with van der Waals surface area (Å²) < 4.78 is 0.835. The first kappa shape index (κ1) is 22.0. The summed E-state index contributed by atoms with van der Waals surface area (Å²) in [5.41, 5.74) is 5.67. The summed E-state index contributed by atoms with van der Waals surface area (Å²) in [6.45, 7) is 6.24. The molecule has 2 aromatic carbocycles. The molecule has 2 aliphatic heterocycles. The third kappa shape index (κ3) is 5.18. The van der Waals surface area contributed by atoms with Crippen molar-refractivity contribution in [1.29, 1.82) is 0 Å². The lowest BCUT2D eigenvalue weighted by Gasteiger charge is -2.29. The van der Waals surface area contributed by atoms with Crippen LogP contribution in [-0.2, 0) is 4.79 Å². The molecule has 0 unspecified atom stereocenters. The van der Waals surface area contributed by atoms with Gasteiger partial charge in [-0.05, 0) is 61.4 Å². The lowest BCUT2D eigenvalue weighted by atomic mass is 9.96. The molecule has 1 atom stereocenters. The Morgan fingerprint density at radius 1 is 1.06 bits per heavy atom. The number of rotatable bonds is 4. The second-order valence-electron chi connectivity index (χ2n) is 8.32. The fourth-order valence-corrected chi connectivity index (χ4v) is 5.23. The minimum Gasteiger partial charge on any atom is -0.358 e. The van der Waals surface area contributed by atoms with Gasteiger partial charge in [0.1, 0.15) is 4.32 Å². The number of thioether (sulfide) groups is 1. The fourth-order valence-electron chi connectivity index (χ4n) is 4.13. The molecule has 0 spiro atoms. The van der Waals surface area contributed by atoms with E-state index < -0.39 is 0 Å². The van der Waals surface area contributed by atoms with Gasteiger partial charge in [-0.2, -0.15) is 5.10 Å². The van der Waals surface area contributed by atoms with Crippen molar-refractivity contribution in [2.24, 2.45) is 5.10 Å². The third-order valence-corrected chi connectivity index (χ3v) is 7.63. The number of benzene rings is 2. The first-order chi connectivity index (χ1) is 15.0. The number of nitrogens with zero attached hydrogens (tertiary/aromatic N) is 3. The molecule has 0 saturated carbocycles. The maximum absolute atomic E-state index is 13.2. The molecular formula is C25H29N3OS2. The Hall–Kier alpha value is -2.18. The highest BCUT2D eigenvalue weighted by molar-refractivity contribution is 8.23. The van der Waals surface area contributed by atoms with Gasteiger partial charge in [-0.1, -0.05) is 66.4 Å². The number of hydrogen-bond donors (Lipinski definition) is 0. The van der Waals surface area contributed by atoms with E-state index in [2.05, 4.69) is 49.1 Å². The van der Waals surface area contributed by atoms with Crippen LogP contribution in [0.5, 0.6) is 0 Å². The summed E-state index contributed by atoms with van der Waals surface area (Å²) >= 11 is 7.07. The molecule has 2 heterocycles. The van der Waals surface area contributed by atoms with E-state index in [0.29, 0.717) is 5.75 Å². The highest BCUT2D eigenvalue weighted by atomic mass is 32.2. The van der Waals surface area contributed by atoms with Gasteiger partial charge in [-0.25, -0.2) is 5.01 Å². The Bertz CT molecular complexity index is 984. The fraction of sp³-hybridized carbons (Fsp3) is 0.400. The summed E-state index contributed by atoms with van der Waals surface area (Å²) in [7, 11) is 0. The van der Waals surface area contributed by atoms with Gasteiger partial charge in [0.05, 0.1) is 17.5 Å². The SMILES string of the molecule is Cc1ccc(C2=NN(C(=O)CSC(=S)N3CCCCC3)[C@@H](c3ccccc3)C2)cc1C. The number of carbonyl (C=O) groups is 1. The van der Waals surface area contributed by atoms with Crippen LogP contribution in [0.2, 0.25) is 0 Å². The Morgan fingerprint density at radius 3 is 2.52 bits per heavy atom. The normalized spacial score (nSPS) is 18.8. The Kier molecular flexibility index (Phi) is 7.08. The number of amides is 1. The summed E-state index contributed by atoms with van der Waals surface area (Å²) in [6, 6.07) is 16.5. The number of thiocarbonyl (C=S) groups is 1. The summed E-state index contributed by atoms with van der Waals surface area (Å²) in [4.78, 5) is 15.5. The van der Waals surface area contributed by atoms with Crippen molar-refractivity contribution in [2.75, 3.05) is 18.8 Å². The van der Waals surface area contributed by atoms with Gasteiger partial charge in [0.25, 0.3) is 5.91 Å². The minimum atomic E-state index is -0.0746. The molecular weight excluding hydrogens is 422 g/mol. The van der Waals surface area contributed by atoms with Gasteiger partial charge >= 0.3 is 0 Å². The number of hydrogen-bond acceptors (Lipinski definition) is 4. The highest BCUT2D eigenvalue weighted by Crippen LogP contribution is 2.33. The summed E-state index contributed by atoms with van der Waals surface area (Å²) in [5.74, 6) is 0.333. The predicted octanol–water partition coefficient (Wildman–Crippen LogP) is 5.49. The maximum atomic E-state index is 13.2. The number of carbonyl (C=O) groups excluding carboxylic acids is 1. The zero-order chi connectivity index (χ0) is 21.8. The van der Waals surface area contributed by atoms with Gasteiger partial charge in [-0.3, -0.25) is 4.79 Å². The van der Waals surface area contributed by atoms with Gasteiger partial charge in [0.15, 0.2) is 0 Å². The molecule has 0 aliphatic carbocycles. The zero-order valence-corrected chi connectivity index (χ0v) is 19.8. The van der Waals surface area contributed by atoms with Crippen LogP contribution < -0.4 is 0 Å². The second kappa shape index (κ2) is 9.96. The van der Waals surface area contributed by atoms with E-state index >= 15 is 0 Å². The lowest BCUT2D eigenvalue weighted by molar-refractivity contribution is -0.130. The van der Waals surface area contributed by atoms with Crippen molar-refractivity contribution < 1.29 is 4.79 Å². The molecule has 162 valence electrons. The standard InChI is InChI=1S/C25H29N3OS2/c1-18-11-12-21(15-19(18)2)22-16-23(20-9-5-3-6-10-20)28(26-22)24(29)17-31-25(30)27-13-7-4-8-14-27/h3,5-6,9-12,15,23H,4,7-8,13-14,16-17H2,1-2H3/t23-/m1/s1. The van der Waals surface area contributed by atoms with Crippen molar-refractivity contribution in [3.8, 4) is 0 Å². The third-order valence-electron chi connectivity index (χ3n) is 6.12. The van der Waals surface area contributed by atoms with Crippen LogP contribution in [0, 0.1) is 13.8 Å². The molecule has 4 rings (SSSR count). The van der Waals surface area contributed by atoms with Gasteiger partial charge < -0.3 is 4.90 Å². The summed E-state index contributed by atoms with van der Waals surface area (Å²) in [5, 5.41) is 6.49. The number of piperidine rings is 1. The predicted molar refractivity (Wildman–Crippen MR) is 134 cm³/mol. The topological polar surface area (TPSA) is 35.9 Å². The molecule has 2 aliphatic rings. The summed E-state index contributed by atoms with van der Waals surface area (Å²) in [6.07, 6.45) is 4.35. The zero-order valence-electron chi connectivity index (χ0n) is 18.2. The van der Waals surface area contributed by atoms with Crippen LogP contribution in [-0.4, -0.2) is 44.7 Å². The van der Waals surface area contributed by atoms with Gasteiger partial charge in [-0.15, -0.1) is 0 Å². The molecule has 1 amide bonds. The number of aryl methyl sites for hydroxylation is 2. The average Bonchev–Trinajstić information content (AvgIpc) is 3.26. The van der Waals surface area contributed by atoms with E-state index in [1.165, 1.54) is 42.2 Å². The van der Waals surface area contributed by atoms with E-state index in [1.807, 2.05) is 18.2 Å². The van der Waals surface area contributed by atoms with Crippen molar-refractivity contribution >= 4 is 39.9 Å². The van der Waals surface area contributed by atoms with Crippen LogP contribution >= 0.6 is 24.0 Å². The van der Waals surface area contributed by atoms with Crippen LogP contribution in [0.3, 0.4) is 0 Å². The van der Waals surface area contributed by atoms with Gasteiger partial charge in [0.2, 0.25) is 0 Å². The highest BCUT2D eigenvalue weighted by Gasteiger charge is 2.33. The van der Waals surface area contributed by atoms with E-state index in [4.69, 9.17) is 17.3 Å². The molecule has 0 N–H and O–H groups in total. The number of likely N-dealkylation sites (tertiary alicyclic amines) is 1. The van der Waals surface area contributed by atoms with E-state index in [9.17, 15) is 4.79 Å². The van der Waals surface area contributed by atoms with E-state index in [0.717, 1.165) is 40.7 Å². The van der Waals surface area contributed by atoms with Crippen molar-refractivity contribution in [3.63, 3.8) is 0 Å². The molecule has 0 radical (unpaired) electrons. The first-order valence-corrected chi connectivity index (χ1v) is 12.4. The van der Waals surface area contributed by atoms with Crippen LogP contribution in [0.1, 0.15) is 54.0 Å². The Balaban J connectivity index is 1.52. The average molecular weight is 452 g/mol. The Labute approximate surface area is 194 Å².